The largest absolute Gasteiger partial charge is 0.310 e. The predicted molar refractivity (Wildman–Crippen MR) is 91.1 cm³/mol. The molecule has 2 rings (SSSR count). The molecule has 2 aromatic rings. The van der Waals surface area contributed by atoms with E-state index in [0.29, 0.717) is 4.90 Å². The molecule has 0 aliphatic carbocycles. The van der Waals surface area contributed by atoms with Crippen molar-refractivity contribution < 1.29 is 8.42 Å². The van der Waals surface area contributed by atoms with Gasteiger partial charge in [-0.25, -0.2) is 13.4 Å². The van der Waals surface area contributed by atoms with Crippen LogP contribution in [0.1, 0.15) is 35.7 Å². The summed E-state index contributed by atoms with van der Waals surface area (Å²) in [5, 5.41) is 6.72. The molecule has 1 aromatic heterocycles. The number of nitrogens with zero attached hydrogens (tertiary/aromatic N) is 1. The van der Waals surface area contributed by atoms with Gasteiger partial charge in [0.2, 0.25) is 0 Å². The normalized spacial score (nSPS) is 13.2. The van der Waals surface area contributed by atoms with Crippen LogP contribution in [0.2, 0.25) is 0 Å². The molecule has 4 nitrogen and oxygen atoms in total. The lowest BCUT2D eigenvalue weighted by Crippen LogP contribution is -2.20. The lowest BCUT2D eigenvalue weighted by molar-refractivity contribution is 0.557. The molecule has 0 aliphatic heterocycles. The number of benzene rings is 1. The zero-order valence-electron chi connectivity index (χ0n) is 13.2. The second kappa shape index (κ2) is 7.35. The van der Waals surface area contributed by atoms with Crippen LogP contribution in [-0.4, -0.2) is 26.2 Å². The first-order valence-electron chi connectivity index (χ1n) is 7.30. The lowest BCUT2D eigenvalue weighted by atomic mass is 10.1. The van der Waals surface area contributed by atoms with Crippen molar-refractivity contribution >= 4 is 21.2 Å². The van der Waals surface area contributed by atoms with Gasteiger partial charge in [-0.1, -0.05) is 12.1 Å². The number of nitrogens with one attached hydrogen (secondary N) is 1. The monoisotopic (exact) mass is 338 g/mol. The summed E-state index contributed by atoms with van der Waals surface area (Å²) in [4.78, 5) is 4.82. The van der Waals surface area contributed by atoms with Crippen molar-refractivity contribution in [3.63, 3.8) is 0 Å². The van der Waals surface area contributed by atoms with Crippen molar-refractivity contribution in [2.75, 3.05) is 12.8 Å². The van der Waals surface area contributed by atoms with Gasteiger partial charge in [0.15, 0.2) is 9.84 Å². The molecule has 0 saturated carbocycles. The maximum absolute atomic E-state index is 11.4. The first kappa shape index (κ1) is 17.1. The Balaban J connectivity index is 1.80. The number of sulfone groups is 1. The lowest BCUT2D eigenvalue weighted by Gasteiger charge is -2.14. The van der Waals surface area contributed by atoms with Gasteiger partial charge in [-0.15, -0.1) is 11.3 Å². The average molecular weight is 338 g/mol. The fourth-order valence-corrected chi connectivity index (χ4v) is 3.65. The molecule has 6 heteroatoms. The highest BCUT2D eigenvalue weighted by atomic mass is 32.2. The Hall–Kier alpha value is -1.24. The van der Waals surface area contributed by atoms with Crippen LogP contribution in [0.3, 0.4) is 0 Å². The molecule has 0 aliphatic rings. The molecule has 0 radical (unpaired) electrons. The number of aromatic nitrogens is 1. The number of hydrogen-bond donors (Lipinski definition) is 1. The molecule has 0 bridgehead atoms. The molecule has 1 atom stereocenters. The number of thiazole rings is 1. The number of rotatable bonds is 7. The molecule has 1 unspecified atom stereocenters. The Kier molecular flexibility index (Phi) is 5.72. The average Bonchev–Trinajstić information content (AvgIpc) is 2.88. The third-order valence-electron chi connectivity index (χ3n) is 3.49. The van der Waals surface area contributed by atoms with Crippen molar-refractivity contribution in [1.82, 2.24) is 10.3 Å². The molecular formula is C16H22N2O2S2. The van der Waals surface area contributed by atoms with Crippen molar-refractivity contribution in [1.29, 1.82) is 0 Å². The van der Waals surface area contributed by atoms with E-state index in [0.717, 1.165) is 30.6 Å². The second-order valence-corrected chi connectivity index (χ2v) is 8.46. The van der Waals surface area contributed by atoms with E-state index < -0.39 is 9.84 Å². The highest BCUT2D eigenvalue weighted by molar-refractivity contribution is 7.90. The van der Waals surface area contributed by atoms with Gasteiger partial charge in [-0.2, -0.15) is 0 Å². The van der Waals surface area contributed by atoms with E-state index in [2.05, 4.69) is 22.6 Å². The Bertz CT molecular complexity index is 706. The van der Waals surface area contributed by atoms with Gasteiger partial charge in [0.25, 0.3) is 0 Å². The highest BCUT2D eigenvalue weighted by Gasteiger charge is 2.09. The van der Waals surface area contributed by atoms with Crippen LogP contribution >= 0.6 is 11.3 Å². The third kappa shape index (κ3) is 4.90. The Morgan fingerprint density at radius 1 is 1.27 bits per heavy atom. The minimum atomic E-state index is -3.12. The summed E-state index contributed by atoms with van der Waals surface area (Å²) in [6.07, 6.45) is 3.26. The fourth-order valence-electron chi connectivity index (χ4n) is 2.20. The van der Waals surface area contributed by atoms with E-state index in [1.807, 2.05) is 19.1 Å². The molecule has 0 saturated heterocycles. The van der Waals surface area contributed by atoms with Gasteiger partial charge in [0.1, 0.15) is 0 Å². The molecule has 1 aromatic carbocycles. The van der Waals surface area contributed by atoms with Gasteiger partial charge < -0.3 is 5.32 Å². The summed E-state index contributed by atoms with van der Waals surface area (Å²) >= 11 is 1.71. The fraction of sp³-hybridized carbons (Fsp3) is 0.438. The Morgan fingerprint density at radius 2 is 1.95 bits per heavy atom. The van der Waals surface area contributed by atoms with E-state index in [9.17, 15) is 8.42 Å². The molecule has 0 amide bonds. The molecule has 22 heavy (non-hydrogen) atoms. The van der Waals surface area contributed by atoms with Gasteiger partial charge in [-0.05, 0) is 44.5 Å². The van der Waals surface area contributed by atoms with Gasteiger partial charge in [-0.3, -0.25) is 0 Å². The summed E-state index contributed by atoms with van der Waals surface area (Å²) in [7, 11) is -3.12. The molecule has 1 heterocycles. The van der Waals surface area contributed by atoms with Crippen LogP contribution in [0.15, 0.2) is 34.5 Å². The smallest absolute Gasteiger partial charge is 0.175 e. The Morgan fingerprint density at radius 3 is 2.50 bits per heavy atom. The van der Waals surface area contributed by atoms with E-state index in [1.165, 1.54) is 11.3 Å². The van der Waals surface area contributed by atoms with E-state index in [-0.39, 0.29) is 6.04 Å². The van der Waals surface area contributed by atoms with E-state index in [4.69, 9.17) is 0 Å². The van der Waals surface area contributed by atoms with Crippen LogP contribution in [0, 0.1) is 6.92 Å². The predicted octanol–water partition coefficient (Wildman–Crippen LogP) is 3.14. The summed E-state index contributed by atoms with van der Waals surface area (Å²) in [5.74, 6) is 0. The second-order valence-electron chi connectivity index (χ2n) is 5.50. The van der Waals surface area contributed by atoms with Crippen molar-refractivity contribution in [2.45, 2.75) is 37.6 Å². The third-order valence-corrected chi connectivity index (χ3v) is 5.65. The van der Waals surface area contributed by atoms with Gasteiger partial charge >= 0.3 is 0 Å². The minimum Gasteiger partial charge on any atom is -0.310 e. The molecule has 0 fully saturated rings. The SMILES string of the molecule is Cc1csc(CCCNC(C)c2ccc(S(C)(=O)=O)cc2)n1. The van der Waals surface area contributed by atoms with Crippen molar-refractivity contribution in [3.8, 4) is 0 Å². The first-order valence-corrected chi connectivity index (χ1v) is 10.1. The molecule has 1 N–H and O–H groups in total. The van der Waals surface area contributed by atoms with Crippen molar-refractivity contribution in [2.24, 2.45) is 0 Å². The first-order chi connectivity index (χ1) is 10.4. The van der Waals surface area contributed by atoms with E-state index >= 15 is 0 Å². The number of aryl methyl sites for hydroxylation is 2. The Labute approximate surface area is 136 Å². The highest BCUT2D eigenvalue weighted by Crippen LogP contribution is 2.16. The number of hydrogen-bond acceptors (Lipinski definition) is 5. The minimum absolute atomic E-state index is 0.201. The summed E-state index contributed by atoms with van der Waals surface area (Å²) in [6.45, 7) is 5.01. The van der Waals surface area contributed by atoms with Crippen LogP contribution in [0.4, 0.5) is 0 Å². The summed E-state index contributed by atoms with van der Waals surface area (Å²) in [5.41, 5.74) is 2.18. The van der Waals surface area contributed by atoms with Crippen LogP contribution < -0.4 is 5.32 Å². The van der Waals surface area contributed by atoms with Crippen molar-refractivity contribution in [3.05, 3.63) is 45.9 Å². The zero-order valence-corrected chi connectivity index (χ0v) is 14.8. The van der Waals surface area contributed by atoms with Gasteiger partial charge in [0.05, 0.1) is 9.90 Å². The molecule has 0 spiro atoms. The maximum atomic E-state index is 11.4. The molecule has 120 valence electrons. The summed E-state index contributed by atoms with van der Waals surface area (Å²) < 4.78 is 22.9. The van der Waals surface area contributed by atoms with Gasteiger partial charge in [0, 0.05) is 29.8 Å². The topological polar surface area (TPSA) is 59.1 Å². The van der Waals surface area contributed by atoms with Crippen LogP contribution in [0.5, 0.6) is 0 Å². The zero-order chi connectivity index (χ0) is 16.2. The van der Waals surface area contributed by atoms with Crippen LogP contribution in [-0.2, 0) is 16.3 Å². The standard InChI is InChI=1S/C16H22N2O2S2/c1-12-11-21-16(18-12)5-4-10-17-13(2)14-6-8-15(9-7-14)22(3,19)20/h6-9,11,13,17H,4-5,10H2,1-3H3. The molecular weight excluding hydrogens is 316 g/mol. The maximum Gasteiger partial charge on any atom is 0.175 e. The summed E-state index contributed by atoms with van der Waals surface area (Å²) in [6, 6.07) is 7.28. The van der Waals surface area contributed by atoms with Crippen LogP contribution in [0.25, 0.3) is 0 Å². The van der Waals surface area contributed by atoms with E-state index in [1.54, 1.807) is 23.5 Å². The quantitative estimate of drug-likeness (QED) is 0.788.